The van der Waals surface area contributed by atoms with Crippen LogP contribution in [0, 0.1) is 0 Å². The smallest absolute Gasteiger partial charge is 0.332 e. The number of urea groups is 1. The van der Waals surface area contributed by atoms with E-state index < -0.39 is 6.03 Å². The minimum atomic E-state index is -0.650. The highest BCUT2D eigenvalue weighted by molar-refractivity contribution is 7.99. The summed E-state index contributed by atoms with van der Waals surface area (Å²) in [6, 6.07) is 1.38. The number of carbonyl (C=O) groups is 1. The molecule has 0 radical (unpaired) electrons. The molecule has 0 fully saturated rings. The number of carbonyl (C=O) groups excluding carboxylic acids is 1. The number of rotatable bonds is 4. The summed E-state index contributed by atoms with van der Waals surface area (Å²) in [4.78, 5) is 12.5. The minimum absolute atomic E-state index is 0.650. The molecule has 0 aliphatic rings. The molecule has 76 valence electrons. The first kappa shape index (κ1) is 11.1. The van der Waals surface area contributed by atoms with E-state index in [0.29, 0.717) is 0 Å². The van der Waals surface area contributed by atoms with E-state index in [-0.39, 0.29) is 0 Å². The van der Waals surface area contributed by atoms with Crippen LogP contribution in [0.2, 0.25) is 0 Å². The monoisotopic (exact) mass is 229 g/mol. The number of amides is 2. The normalized spacial score (nSPS) is 10.6. The second kappa shape index (κ2) is 5.66. The topological polar surface area (TPSA) is 67.5 Å². The summed E-state index contributed by atoms with van der Waals surface area (Å²) in [6.45, 7) is 2.09. The molecular weight excluding hydrogens is 218 g/mol. The van der Waals surface area contributed by atoms with Crippen molar-refractivity contribution in [3.8, 4) is 0 Å². The largest absolute Gasteiger partial charge is 0.350 e. The van der Waals surface area contributed by atoms with Crippen LogP contribution in [-0.2, 0) is 0 Å². The lowest BCUT2D eigenvalue weighted by Crippen LogP contribution is -2.24. The third-order valence-electron chi connectivity index (χ3n) is 1.31. The number of thiophene rings is 1. The van der Waals surface area contributed by atoms with Crippen LogP contribution in [0.1, 0.15) is 11.8 Å². The molecule has 6 heteroatoms. The molecule has 0 atom stereocenters. The number of hydrogen-bond donors (Lipinski definition) is 2. The van der Waals surface area contributed by atoms with Crippen LogP contribution in [0.4, 0.5) is 4.79 Å². The number of nitrogens with zero attached hydrogens (tertiary/aromatic N) is 1. The van der Waals surface area contributed by atoms with Crippen LogP contribution >= 0.6 is 23.1 Å². The van der Waals surface area contributed by atoms with E-state index in [0.717, 1.165) is 10.6 Å². The first-order valence-corrected chi connectivity index (χ1v) is 5.89. The molecule has 0 saturated carbocycles. The molecule has 0 aliphatic heterocycles. The second-order valence-corrected chi connectivity index (χ2v) is 4.57. The van der Waals surface area contributed by atoms with Gasteiger partial charge in [-0.3, -0.25) is 0 Å². The van der Waals surface area contributed by atoms with E-state index in [1.54, 1.807) is 29.3 Å². The summed E-state index contributed by atoms with van der Waals surface area (Å²) >= 11 is 3.32. The summed E-state index contributed by atoms with van der Waals surface area (Å²) in [5.41, 5.74) is 7.02. The number of nitrogens with two attached hydrogens (primary N) is 1. The van der Waals surface area contributed by atoms with Gasteiger partial charge in [0.1, 0.15) is 0 Å². The van der Waals surface area contributed by atoms with Gasteiger partial charge in [-0.1, -0.05) is 6.92 Å². The van der Waals surface area contributed by atoms with E-state index >= 15 is 0 Å². The van der Waals surface area contributed by atoms with Crippen molar-refractivity contribution in [1.29, 1.82) is 0 Å². The fraction of sp³-hybridized carbons (Fsp3) is 0.250. The summed E-state index contributed by atoms with van der Waals surface area (Å²) in [6.07, 6.45) is 1.60. The van der Waals surface area contributed by atoms with Gasteiger partial charge in [-0.05, 0) is 17.2 Å². The molecule has 0 aliphatic carbocycles. The third kappa shape index (κ3) is 3.39. The molecule has 4 nitrogen and oxygen atoms in total. The van der Waals surface area contributed by atoms with E-state index in [4.69, 9.17) is 5.73 Å². The zero-order chi connectivity index (χ0) is 10.4. The molecule has 1 rings (SSSR count). The first-order chi connectivity index (χ1) is 6.74. The average molecular weight is 229 g/mol. The molecular formula is C8H11N3OS2. The molecule has 0 aromatic carbocycles. The van der Waals surface area contributed by atoms with Crippen LogP contribution in [-0.4, -0.2) is 18.0 Å². The summed E-state index contributed by atoms with van der Waals surface area (Å²) in [5, 5.41) is 5.69. The van der Waals surface area contributed by atoms with E-state index in [1.807, 2.05) is 11.4 Å². The Morgan fingerprint density at radius 2 is 2.64 bits per heavy atom. The van der Waals surface area contributed by atoms with Gasteiger partial charge < -0.3 is 5.73 Å². The van der Waals surface area contributed by atoms with Crippen molar-refractivity contribution in [3.05, 3.63) is 16.3 Å². The molecule has 14 heavy (non-hydrogen) atoms. The number of thioether (sulfide) groups is 1. The lowest BCUT2D eigenvalue weighted by atomic mass is 10.5. The Bertz CT molecular complexity index is 335. The number of hydrazone groups is 1. The molecule has 0 saturated heterocycles. The van der Waals surface area contributed by atoms with Crippen molar-refractivity contribution in [2.75, 3.05) is 5.75 Å². The van der Waals surface area contributed by atoms with Gasteiger partial charge in [0.25, 0.3) is 0 Å². The first-order valence-electron chi connectivity index (χ1n) is 4.03. The van der Waals surface area contributed by atoms with Gasteiger partial charge in [0.05, 0.1) is 11.1 Å². The molecule has 0 bridgehead atoms. The lowest BCUT2D eigenvalue weighted by Gasteiger charge is -1.95. The Morgan fingerprint density at radius 1 is 1.86 bits per heavy atom. The van der Waals surface area contributed by atoms with Gasteiger partial charge in [-0.2, -0.15) is 5.10 Å². The van der Waals surface area contributed by atoms with Crippen molar-refractivity contribution in [2.45, 2.75) is 11.8 Å². The highest BCUT2D eigenvalue weighted by Gasteiger charge is 2.00. The highest BCUT2D eigenvalue weighted by atomic mass is 32.2. The van der Waals surface area contributed by atoms with Gasteiger partial charge in [0, 0.05) is 4.90 Å². The Balaban J connectivity index is 2.61. The van der Waals surface area contributed by atoms with Crippen LogP contribution in [0.15, 0.2) is 21.4 Å². The van der Waals surface area contributed by atoms with Crippen molar-refractivity contribution < 1.29 is 4.79 Å². The van der Waals surface area contributed by atoms with Gasteiger partial charge >= 0.3 is 6.03 Å². The van der Waals surface area contributed by atoms with Crippen molar-refractivity contribution in [1.82, 2.24) is 5.43 Å². The zero-order valence-corrected chi connectivity index (χ0v) is 9.32. The maximum atomic E-state index is 10.3. The predicted octanol–water partition coefficient (Wildman–Crippen LogP) is 1.86. The fourth-order valence-electron chi connectivity index (χ4n) is 0.833. The molecule has 3 N–H and O–H groups in total. The van der Waals surface area contributed by atoms with Gasteiger partial charge in [0.2, 0.25) is 0 Å². The number of hydrogen-bond acceptors (Lipinski definition) is 4. The molecule has 1 heterocycles. The van der Waals surface area contributed by atoms with Crippen LogP contribution < -0.4 is 11.2 Å². The molecule has 0 spiro atoms. The standard InChI is InChI=1S/C8H11N3OS2/c1-2-13-6-3-4-14-7(6)5-10-11-8(9)12/h3-5H,2H2,1H3,(H3,9,11,12)/b10-5-. The second-order valence-electron chi connectivity index (χ2n) is 2.32. The average Bonchev–Trinajstić information content (AvgIpc) is 2.53. The van der Waals surface area contributed by atoms with E-state index in [2.05, 4.69) is 17.5 Å². The number of nitrogens with one attached hydrogen (secondary N) is 1. The van der Waals surface area contributed by atoms with Gasteiger partial charge in [0.15, 0.2) is 0 Å². The van der Waals surface area contributed by atoms with E-state index in [1.165, 1.54) is 4.90 Å². The van der Waals surface area contributed by atoms with Gasteiger partial charge in [-0.15, -0.1) is 23.1 Å². The van der Waals surface area contributed by atoms with Gasteiger partial charge in [-0.25, -0.2) is 10.2 Å². The van der Waals surface area contributed by atoms with Crippen LogP contribution in [0.3, 0.4) is 0 Å². The Labute approximate surface area is 90.6 Å². The van der Waals surface area contributed by atoms with Crippen molar-refractivity contribution in [3.63, 3.8) is 0 Å². The highest BCUT2D eigenvalue weighted by Crippen LogP contribution is 2.25. The van der Waals surface area contributed by atoms with Crippen LogP contribution in [0.25, 0.3) is 0 Å². The molecule has 0 unspecified atom stereocenters. The summed E-state index contributed by atoms with van der Waals surface area (Å²) in [7, 11) is 0. The van der Waals surface area contributed by atoms with E-state index in [9.17, 15) is 4.79 Å². The Hall–Kier alpha value is -1.01. The Morgan fingerprint density at radius 3 is 3.29 bits per heavy atom. The third-order valence-corrected chi connectivity index (χ3v) is 3.25. The SMILES string of the molecule is CCSc1ccsc1/C=N\NC(N)=O. The van der Waals surface area contributed by atoms with Crippen molar-refractivity contribution in [2.24, 2.45) is 10.8 Å². The summed E-state index contributed by atoms with van der Waals surface area (Å²) < 4.78 is 0. The maximum absolute atomic E-state index is 10.3. The Kier molecular flexibility index (Phi) is 4.48. The quantitative estimate of drug-likeness (QED) is 0.470. The summed E-state index contributed by atoms with van der Waals surface area (Å²) in [5.74, 6) is 1.01. The van der Waals surface area contributed by atoms with Crippen LogP contribution in [0.5, 0.6) is 0 Å². The predicted molar refractivity (Wildman–Crippen MR) is 61.0 cm³/mol. The maximum Gasteiger partial charge on any atom is 0.332 e. The molecule has 2 amide bonds. The zero-order valence-electron chi connectivity index (χ0n) is 7.69. The lowest BCUT2D eigenvalue weighted by molar-refractivity contribution is 0.249. The molecule has 1 aromatic rings. The fourth-order valence-corrected chi connectivity index (χ4v) is 2.56. The van der Waals surface area contributed by atoms with Crippen molar-refractivity contribution >= 4 is 35.3 Å². The molecule has 1 aromatic heterocycles. The number of primary amides is 1. The minimum Gasteiger partial charge on any atom is -0.350 e.